The Balaban J connectivity index is 4.32. The van der Waals surface area contributed by atoms with E-state index in [0.717, 1.165) is 0 Å². The first-order valence-corrected chi connectivity index (χ1v) is 5.46. The van der Waals surface area contributed by atoms with Gasteiger partial charge in [-0.15, -0.1) is 0 Å². The molecular weight excluding hydrogens is 208 g/mol. The molecule has 1 amide bonds. The van der Waals surface area contributed by atoms with Crippen molar-refractivity contribution in [2.24, 2.45) is 5.73 Å². The minimum Gasteiger partial charge on any atom is -0.480 e. The fourth-order valence-corrected chi connectivity index (χ4v) is 1.39. The monoisotopic (exact) mass is 230 g/mol. The standard InChI is InChI=1S/C11H22N2O3/c1-5-8(10(15)16)13(4)9(14)6-7-11(2,3)12/h8H,5-7,12H2,1-4H3,(H,15,16). The highest BCUT2D eigenvalue weighted by Crippen LogP contribution is 2.11. The molecule has 0 aliphatic heterocycles. The van der Waals surface area contributed by atoms with Gasteiger partial charge in [-0.25, -0.2) is 4.79 Å². The Bertz CT molecular complexity index is 258. The molecule has 0 aromatic rings. The topological polar surface area (TPSA) is 83.6 Å². The minimum absolute atomic E-state index is 0.173. The van der Waals surface area contributed by atoms with Gasteiger partial charge in [0.05, 0.1) is 0 Å². The molecule has 5 nitrogen and oxygen atoms in total. The molecule has 0 aromatic heterocycles. The summed E-state index contributed by atoms with van der Waals surface area (Å²) in [7, 11) is 1.52. The predicted octanol–water partition coefficient (Wildman–Crippen LogP) is 0.826. The number of nitrogens with two attached hydrogens (primary N) is 1. The molecule has 0 aromatic carbocycles. The molecule has 1 atom stereocenters. The van der Waals surface area contributed by atoms with E-state index in [0.29, 0.717) is 12.8 Å². The quantitative estimate of drug-likeness (QED) is 0.707. The second-order valence-corrected chi connectivity index (χ2v) is 4.76. The summed E-state index contributed by atoms with van der Waals surface area (Å²) in [6.07, 6.45) is 1.24. The molecule has 0 spiro atoms. The van der Waals surface area contributed by atoms with Gasteiger partial charge in [-0.3, -0.25) is 4.79 Å². The van der Waals surface area contributed by atoms with Crippen molar-refractivity contribution in [3.05, 3.63) is 0 Å². The normalized spacial score (nSPS) is 13.3. The van der Waals surface area contributed by atoms with Gasteiger partial charge in [-0.05, 0) is 26.7 Å². The summed E-state index contributed by atoms with van der Waals surface area (Å²) >= 11 is 0. The maximum Gasteiger partial charge on any atom is 0.326 e. The summed E-state index contributed by atoms with van der Waals surface area (Å²) in [6, 6.07) is -0.742. The van der Waals surface area contributed by atoms with Crippen molar-refractivity contribution in [3.8, 4) is 0 Å². The summed E-state index contributed by atoms with van der Waals surface area (Å²) < 4.78 is 0. The molecule has 0 heterocycles. The number of carbonyl (C=O) groups is 2. The van der Waals surface area contributed by atoms with Crippen LogP contribution >= 0.6 is 0 Å². The van der Waals surface area contributed by atoms with E-state index in [2.05, 4.69) is 0 Å². The van der Waals surface area contributed by atoms with E-state index in [4.69, 9.17) is 10.8 Å². The van der Waals surface area contributed by atoms with Crippen molar-refractivity contribution >= 4 is 11.9 Å². The summed E-state index contributed by atoms with van der Waals surface area (Å²) in [5.74, 6) is -1.14. The van der Waals surface area contributed by atoms with Gasteiger partial charge >= 0.3 is 5.97 Å². The maximum atomic E-state index is 11.7. The Morgan fingerprint density at radius 1 is 1.44 bits per heavy atom. The van der Waals surface area contributed by atoms with Crippen LogP contribution in [0.5, 0.6) is 0 Å². The van der Waals surface area contributed by atoms with Crippen LogP contribution in [0.15, 0.2) is 0 Å². The second kappa shape index (κ2) is 5.84. The summed E-state index contributed by atoms with van der Waals surface area (Å²) in [5.41, 5.74) is 5.36. The summed E-state index contributed by atoms with van der Waals surface area (Å²) in [6.45, 7) is 5.43. The summed E-state index contributed by atoms with van der Waals surface area (Å²) in [5, 5.41) is 8.90. The van der Waals surface area contributed by atoms with E-state index in [-0.39, 0.29) is 12.3 Å². The molecular formula is C11H22N2O3. The maximum absolute atomic E-state index is 11.7. The van der Waals surface area contributed by atoms with Crippen LogP contribution in [-0.2, 0) is 9.59 Å². The van der Waals surface area contributed by atoms with Gasteiger partial charge in [0.1, 0.15) is 6.04 Å². The number of carboxylic acids is 1. The molecule has 0 saturated carbocycles. The van der Waals surface area contributed by atoms with Crippen molar-refractivity contribution in [1.29, 1.82) is 0 Å². The van der Waals surface area contributed by atoms with Crippen LogP contribution in [0.4, 0.5) is 0 Å². The first kappa shape index (κ1) is 14.9. The average molecular weight is 230 g/mol. The van der Waals surface area contributed by atoms with Gasteiger partial charge < -0.3 is 15.7 Å². The van der Waals surface area contributed by atoms with Gasteiger partial charge in [0.25, 0.3) is 0 Å². The highest BCUT2D eigenvalue weighted by atomic mass is 16.4. The van der Waals surface area contributed by atoms with E-state index in [1.165, 1.54) is 11.9 Å². The lowest BCUT2D eigenvalue weighted by molar-refractivity contribution is -0.149. The van der Waals surface area contributed by atoms with Crippen molar-refractivity contribution in [1.82, 2.24) is 4.90 Å². The molecule has 0 rings (SSSR count). The van der Waals surface area contributed by atoms with E-state index >= 15 is 0 Å². The number of amides is 1. The third-order valence-corrected chi connectivity index (χ3v) is 2.52. The number of carbonyl (C=O) groups excluding carboxylic acids is 1. The molecule has 0 bridgehead atoms. The SMILES string of the molecule is CCC(C(=O)O)N(C)C(=O)CCC(C)(C)N. The largest absolute Gasteiger partial charge is 0.480 e. The van der Waals surface area contributed by atoms with Crippen molar-refractivity contribution in [2.45, 2.75) is 51.6 Å². The molecule has 16 heavy (non-hydrogen) atoms. The Morgan fingerprint density at radius 3 is 2.25 bits per heavy atom. The number of rotatable bonds is 6. The van der Waals surface area contributed by atoms with Crippen LogP contribution < -0.4 is 5.73 Å². The number of aliphatic carboxylic acids is 1. The Kier molecular flexibility index (Phi) is 5.44. The zero-order valence-electron chi connectivity index (χ0n) is 10.5. The zero-order valence-corrected chi connectivity index (χ0v) is 10.5. The van der Waals surface area contributed by atoms with Crippen LogP contribution in [0.1, 0.15) is 40.0 Å². The van der Waals surface area contributed by atoms with Crippen LogP contribution in [0.25, 0.3) is 0 Å². The van der Waals surface area contributed by atoms with Crippen LogP contribution in [0.3, 0.4) is 0 Å². The van der Waals surface area contributed by atoms with Crippen LogP contribution in [0, 0.1) is 0 Å². The highest BCUT2D eigenvalue weighted by Gasteiger charge is 2.25. The van der Waals surface area contributed by atoms with E-state index < -0.39 is 17.6 Å². The molecule has 0 radical (unpaired) electrons. The number of hydrogen-bond acceptors (Lipinski definition) is 3. The molecule has 5 heteroatoms. The zero-order chi connectivity index (χ0) is 12.9. The lowest BCUT2D eigenvalue weighted by Gasteiger charge is -2.25. The van der Waals surface area contributed by atoms with E-state index in [1.807, 2.05) is 13.8 Å². The number of carboxylic acid groups (broad SMARTS) is 1. The highest BCUT2D eigenvalue weighted by molar-refractivity contribution is 5.83. The lowest BCUT2D eigenvalue weighted by atomic mass is 9.99. The third-order valence-electron chi connectivity index (χ3n) is 2.52. The molecule has 94 valence electrons. The molecule has 1 unspecified atom stereocenters. The number of hydrogen-bond donors (Lipinski definition) is 2. The average Bonchev–Trinajstić information content (AvgIpc) is 2.13. The van der Waals surface area contributed by atoms with E-state index in [1.54, 1.807) is 6.92 Å². The Labute approximate surface area is 96.6 Å². The third kappa shape index (κ3) is 5.11. The van der Waals surface area contributed by atoms with Gasteiger partial charge in [0.15, 0.2) is 0 Å². The van der Waals surface area contributed by atoms with Gasteiger partial charge in [0, 0.05) is 19.0 Å². The van der Waals surface area contributed by atoms with Gasteiger partial charge in [-0.1, -0.05) is 6.92 Å². The molecule has 0 fully saturated rings. The molecule has 0 saturated heterocycles. The van der Waals surface area contributed by atoms with Gasteiger partial charge in [-0.2, -0.15) is 0 Å². The fourth-order valence-electron chi connectivity index (χ4n) is 1.39. The van der Waals surface area contributed by atoms with Crippen LogP contribution in [0.2, 0.25) is 0 Å². The van der Waals surface area contributed by atoms with Crippen molar-refractivity contribution in [3.63, 3.8) is 0 Å². The van der Waals surface area contributed by atoms with Crippen molar-refractivity contribution < 1.29 is 14.7 Å². The van der Waals surface area contributed by atoms with Crippen molar-refractivity contribution in [2.75, 3.05) is 7.05 Å². The van der Waals surface area contributed by atoms with Gasteiger partial charge in [0.2, 0.25) is 5.91 Å². The first-order chi connectivity index (χ1) is 7.19. The smallest absolute Gasteiger partial charge is 0.326 e. The predicted molar refractivity (Wildman–Crippen MR) is 62.0 cm³/mol. The molecule has 0 aliphatic carbocycles. The van der Waals surface area contributed by atoms with E-state index in [9.17, 15) is 9.59 Å². The molecule has 3 N–H and O–H groups in total. The minimum atomic E-state index is -0.967. The lowest BCUT2D eigenvalue weighted by Crippen LogP contribution is -2.43. The first-order valence-electron chi connectivity index (χ1n) is 5.46. The number of likely N-dealkylation sites (N-methyl/N-ethyl adjacent to an activating group) is 1. The summed E-state index contributed by atoms with van der Waals surface area (Å²) in [4.78, 5) is 23.8. The molecule has 0 aliphatic rings. The second-order valence-electron chi connectivity index (χ2n) is 4.76. The number of nitrogens with zero attached hydrogens (tertiary/aromatic N) is 1. The fraction of sp³-hybridized carbons (Fsp3) is 0.818. The Hall–Kier alpha value is -1.10. The van der Waals surface area contributed by atoms with Crippen LogP contribution in [-0.4, -0.2) is 40.5 Å². The Morgan fingerprint density at radius 2 is 1.94 bits per heavy atom.